The second-order valence-corrected chi connectivity index (χ2v) is 8.31. The minimum Gasteiger partial charge on any atom is -0.493 e. The summed E-state index contributed by atoms with van der Waals surface area (Å²) in [6, 6.07) is 3.99. The van der Waals surface area contributed by atoms with Crippen molar-refractivity contribution in [3.05, 3.63) is 35.0 Å². The van der Waals surface area contributed by atoms with E-state index in [1.54, 1.807) is 30.0 Å². The Hall–Kier alpha value is -3.23. The summed E-state index contributed by atoms with van der Waals surface area (Å²) in [5.74, 6) is 0.108. The first kappa shape index (κ1) is 27.0. The summed E-state index contributed by atoms with van der Waals surface area (Å²) in [5.41, 5.74) is 1.49. The van der Waals surface area contributed by atoms with Gasteiger partial charge in [0.25, 0.3) is 5.91 Å². The molecule has 9 heteroatoms. The molecule has 0 fully saturated rings. The minimum absolute atomic E-state index is 0.0884. The van der Waals surface area contributed by atoms with E-state index < -0.39 is 18.0 Å². The van der Waals surface area contributed by atoms with E-state index >= 15 is 0 Å². The van der Waals surface area contributed by atoms with E-state index in [4.69, 9.17) is 14.2 Å². The summed E-state index contributed by atoms with van der Waals surface area (Å²) in [7, 11) is 1.50. The Morgan fingerprint density at radius 1 is 1.09 bits per heavy atom. The van der Waals surface area contributed by atoms with Gasteiger partial charge < -0.3 is 29.7 Å². The highest BCUT2D eigenvalue weighted by Gasteiger charge is 2.35. The SMILES string of the molecule is CCCN(CCC)C(=O)COc1ccc(C2NC(=O)NC(C(C)C)=C2C(=O)OCC)cc1OC. The summed E-state index contributed by atoms with van der Waals surface area (Å²) >= 11 is 0. The maximum absolute atomic E-state index is 12.8. The third kappa shape index (κ3) is 6.65. The van der Waals surface area contributed by atoms with Gasteiger partial charge in [0.15, 0.2) is 18.1 Å². The van der Waals surface area contributed by atoms with Gasteiger partial charge in [-0.1, -0.05) is 33.8 Å². The first-order valence-electron chi connectivity index (χ1n) is 11.8. The van der Waals surface area contributed by atoms with Crippen molar-refractivity contribution in [2.24, 2.45) is 5.92 Å². The molecule has 2 rings (SSSR count). The van der Waals surface area contributed by atoms with Gasteiger partial charge >= 0.3 is 12.0 Å². The highest BCUT2D eigenvalue weighted by molar-refractivity contribution is 5.95. The standard InChI is InChI=1S/C25H37N3O6/c1-7-12-28(13-8-2)20(29)15-34-18-11-10-17(14-19(18)32-6)23-21(24(30)33-9-3)22(16(4)5)26-25(31)27-23/h10-11,14,16,23H,7-9,12-13,15H2,1-6H3,(H2,26,27,31). The lowest BCUT2D eigenvalue weighted by molar-refractivity contribution is -0.139. The summed E-state index contributed by atoms with van der Waals surface area (Å²) in [5, 5.41) is 5.54. The van der Waals surface area contributed by atoms with E-state index in [2.05, 4.69) is 10.6 Å². The molecular weight excluding hydrogens is 438 g/mol. The topological polar surface area (TPSA) is 106 Å². The van der Waals surface area contributed by atoms with Crippen molar-refractivity contribution in [1.82, 2.24) is 15.5 Å². The molecular formula is C25H37N3O6. The van der Waals surface area contributed by atoms with Crippen molar-refractivity contribution < 1.29 is 28.6 Å². The van der Waals surface area contributed by atoms with Crippen LogP contribution in [0.2, 0.25) is 0 Å². The van der Waals surface area contributed by atoms with Crippen molar-refractivity contribution >= 4 is 17.9 Å². The highest BCUT2D eigenvalue weighted by atomic mass is 16.5. The monoisotopic (exact) mass is 475 g/mol. The molecule has 188 valence electrons. The van der Waals surface area contributed by atoms with Crippen LogP contribution in [0.3, 0.4) is 0 Å². The highest BCUT2D eigenvalue weighted by Crippen LogP contribution is 2.35. The molecule has 0 aliphatic carbocycles. The average molecular weight is 476 g/mol. The predicted octanol–water partition coefficient (Wildman–Crippen LogP) is 3.55. The first-order chi connectivity index (χ1) is 16.3. The number of urea groups is 1. The lowest BCUT2D eigenvalue weighted by atomic mass is 9.91. The molecule has 3 amide bonds. The molecule has 1 aliphatic heterocycles. The molecule has 0 bridgehead atoms. The molecule has 1 atom stereocenters. The van der Waals surface area contributed by atoms with Gasteiger partial charge in [0.2, 0.25) is 0 Å². The van der Waals surface area contributed by atoms with Crippen LogP contribution < -0.4 is 20.1 Å². The lowest BCUT2D eigenvalue weighted by Crippen LogP contribution is -2.47. The van der Waals surface area contributed by atoms with Crippen LogP contribution in [0.25, 0.3) is 0 Å². The largest absolute Gasteiger partial charge is 0.493 e. The molecule has 1 unspecified atom stereocenters. The Balaban J connectivity index is 2.33. The number of hydrogen-bond donors (Lipinski definition) is 2. The normalized spacial score (nSPS) is 15.5. The molecule has 0 saturated heterocycles. The van der Waals surface area contributed by atoms with Gasteiger partial charge in [-0.05, 0) is 43.4 Å². The van der Waals surface area contributed by atoms with Crippen LogP contribution >= 0.6 is 0 Å². The Labute approximate surface area is 201 Å². The lowest BCUT2D eigenvalue weighted by Gasteiger charge is -2.31. The quantitative estimate of drug-likeness (QED) is 0.448. The van der Waals surface area contributed by atoms with Crippen LogP contribution in [0.1, 0.15) is 59.1 Å². The molecule has 9 nitrogen and oxygen atoms in total. The van der Waals surface area contributed by atoms with Gasteiger partial charge in [-0.25, -0.2) is 9.59 Å². The number of esters is 1. The van der Waals surface area contributed by atoms with Crippen molar-refractivity contribution in [2.45, 2.75) is 53.5 Å². The fourth-order valence-electron chi connectivity index (χ4n) is 3.84. The molecule has 0 saturated carbocycles. The number of rotatable bonds is 12. The zero-order valence-corrected chi connectivity index (χ0v) is 21.0. The van der Waals surface area contributed by atoms with Crippen LogP contribution in [-0.2, 0) is 14.3 Å². The fraction of sp³-hybridized carbons (Fsp3) is 0.560. The number of benzene rings is 1. The van der Waals surface area contributed by atoms with E-state index in [9.17, 15) is 14.4 Å². The van der Waals surface area contributed by atoms with Gasteiger partial charge in [0.05, 0.1) is 25.3 Å². The predicted molar refractivity (Wildman–Crippen MR) is 129 cm³/mol. The zero-order chi connectivity index (χ0) is 25.3. The number of nitrogens with one attached hydrogen (secondary N) is 2. The van der Waals surface area contributed by atoms with Crippen molar-refractivity contribution in [3.8, 4) is 11.5 Å². The molecule has 34 heavy (non-hydrogen) atoms. The smallest absolute Gasteiger partial charge is 0.338 e. The van der Waals surface area contributed by atoms with Crippen molar-refractivity contribution in [1.29, 1.82) is 0 Å². The Bertz CT molecular complexity index is 906. The maximum Gasteiger partial charge on any atom is 0.338 e. The number of ether oxygens (including phenoxy) is 3. The molecule has 1 aromatic carbocycles. The molecule has 0 radical (unpaired) electrons. The van der Waals surface area contributed by atoms with Gasteiger partial charge in [-0.2, -0.15) is 0 Å². The van der Waals surface area contributed by atoms with Crippen LogP contribution in [0.15, 0.2) is 29.5 Å². The summed E-state index contributed by atoms with van der Waals surface area (Å²) in [6.45, 7) is 11.1. The third-order valence-electron chi connectivity index (χ3n) is 5.39. The first-order valence-corrected chi connectivity index (χ1v) is 11.8. The fourth-order valence-corrected chi connectivity index (χ4v) is 3.84. The summed E-state index contributed by atoms with van der Waals surface area (Å²) < 4.78 is 16.5. The number of carbonyl (C=O) groups is 3. The number of hydrogen-bond acceptors (Lipinski definition) is 6. The maximum atomic E-state index is 12.8. The van der Waals surface area contributed by atoms with E-state index in [0.717, 1.165) is 12.8 Å². The molecule has 1 heterocycles. The van der Waals surface area contributed by atoms with Crippen LogP contribution in [0, 0.1) is 5.92 Å². The molecule has 1 aromatic rings. The van der Waals surface area contributed by atoms with E-state index in [1.807, 2.05) is 27.7 Å². The van der Waals surface area contributed by atoms with Gasteiger partial charge in [-0.15, -0.1) is 0 Å². The number of amides is 3. The molecule has 1 aliphatic rings. The Morgan fingerprint density at radius 2 is 1.76 bits per heavy atom. The van der Waals surface area contributed by atoms with Gasteiger partial charge in [0.1, 0.15) is 0 Å². The molecule has 0 aromatic heterocycles. The third-order valence-corrected chi connectivity index (χ3v) is 5.39. The summed E-state index contributed by atoms with van der Waals surface area (Å²) in [4.78, 5) is 39.5. The molecule has 0 spiro atoms. The number of allylic oxidation sites excluding steroid dienone is 1. The van der Waals surface area contributed by atoms with Crippen LogP contribution in [-0.4, -0.2) is 56.2 Å². The van der Waals surface area contributed by atoms with Crippen LogP contribution in [0.4, 0.5) is 4.79 Å². The van der Waals surface area contributed by atoms with E-state index in [0.29, 0.717) is 41.4 Å². The van der Waals surface area contributed by atoms with Crippen molar-refractivity contribution in [3.63, 3.8) is 0 Å². The van der Waals surface area contributed by atoms with Crippen molar-refractivity contribution in [2.75, 3.05) is 33.4 Å². The van der Waals surface area contributed by atoms with Crippen LogP contribution in [0.5, 0.6) is 11.5 Å². The number of carbonyl (C=O) groups excluding carboxylic acids is 3. The number of methoxy groups -OCH3 is 1. The summed E-state index contributed by atoms with van der Waals surface area (Å²) in [6.07, 6.45) is 1.75. The van der Waals surface area contributed by atoms with E-state index in [1.165, 1.54) is 7.11 Å². The van der Waals surface area contributed by atoms with Gasteiger partial charge in [-0.3, -0.25) is 4.79 Å². The Morgan fingerprint density at radius 3 is 2.32 bits per heavy atom. The minimum atomic E-state index is -0.723. The average Bonchev–Trinajstić information content (AvgIpc) is 2.81. The van der Waals surface area contributed by atoms with E-state index in [-0.39, 0.29) is 25.0 Å². The Kier molecular flexibility index (Phi) is 10.2. The second-order valence-electron chi connectivity index (χ2n) is 8.31. The number of nitrogens with zero attached hydrogens (tertiary/aromatic N) is 1. The second kappa shape index (κ2) is 12.9. The molecule has 2 N–H and O–H groups in total. The zero-order valence-electron chi connectivity index (χ0n) is 21.0. The van der Waals surface area contributed by atoms with Gasteiger partial charge in [0, 0.05) is 18.8 Å².